The number of fused-ring (bicyclic) bond motifs is 4. The van der Waals surface area contributed by atoms with Gasteiger partial charge in [-0.05, 0) is 87.5 Å². The molecule has 8 unspecified atom stereocenters. The maximum absolute atomic E-state index is 4.29. The minimum absolute atomic E-state index is 0.162. The zero-order chi connectivity index (χ0) is 29.0. The van der Waals surface area contributed by atoms with Crippen LogP contribution in [0.4, 0.5) is 0 Å². The highest BCUT2D eigenvalue weighted by atomic mass is 28.3. The molecular weight excluding hydrogens is 509 g/mol. The van der Waals surface area contributed by atoms with Gasteiger partial charge in [0, 0.05) is 0 Å². The Morgan fingerprint density at radius 1 is 0.732 bits per heavy atom. The van der Waals surface area contributed by atoms with Crippen molar-refractivity contribution in [3.05, 3.63) is 115 Å². The Balaban J connectivity index is 1.61. The van der Waals surface area contributed by atoms with Crippen LogP contribution < -0.4 is 5.19 Å². The molecule has 1 aromatic rings. The van der Waals surface area contributed by atoms with Crippen molar-refractivity contribution in [1.29, 1.82) is 0 Å². The summed E-state index contributed by atoms with van der Waals surface area (Å²) >= 11 is 0. The maximum Gasteiger partial charge on any atom is 0.0949 e. The van der Waals surface area contributed by atoms with E-state index < -0.39 is 8.07 Å². The van der Waals surface area contributed by atoms with Crippen molar-refractivity contribution < 1.29 is 0 Å². The molecule has 1 aromatic carbocycles. The molecule has 0 N–H and O–H groups in total. The van der Waals surface area contributed by atoms with Crippen LogP contribution in [0.25, 0.3) is 0 Å². The number of benzene rings is 1. The molecule has 0 bridgehead atoms. The molecule has 0 radical (unpaired) electrons. The van der Waals surface area contributed by atoms with E-state index in [-0.39, 0.29) is 10.8 Å². The minimum atomic E-state index is -2.14. The van der Waals surface area contributed by atoms with Crippen molar-refractivity contribution >= 4 is 13.3 Å². The molecule has 41 heavy (non-hydrogen) atoms. The summed E-state index contributed by atoms with van der Waals surface area (Å²) in [5.41, 5.74) is 4.83. The van der Waals surface area contributed by atoms with Gasteiger partial charge in [0.1, 0.15) is 0 Å². The normalized spacial score (nSPS) is 35.3. The summed E-state index contributed by atoms with van der Waals surface area (Å²) in [5.74, 6) is 3.72. The van der Waals surface area contributed by atoms with Gasteiger partial charge in [-0.2, -0.15) is 0 Å². The molecule has 6 rings (SSSR count). The van der Waals surface area contributed by atoms with Crippen LogP contribution in [-0.4, -0.2) is 8.07 Å². The average Bonchev–Trinajstić information content (AvgIpc) is 3.53. The van der Waals surface area contributed by atoms with Crippen LogP contribution in [0, 0.1) is 46.3 Å². The van der Waals surface area contributed by atoms with Crippen LogP contribution in [0.5, 0.6) is 0 Å². The molecular formula is C40H52Si. The monoisotopic (exact) mass is 560 g/mol. The molecule has 1 heteroatoms. The summed E-state index contributed by atoms with van der Waals surface area (Å²) in [5, 5.41) is 1.71. The lowest BCUT2D eigenvalue weighted by atomic mass is 9.74. The van der Waals surface area contributed by atoms with Crippen molar-refractivity contribution in [2.75, 3.05) is 0 Å². The Bertz CT molecular complexity index is 1270. The Morgan fingerprint density at radius 3 is 1.88 bits per heavy atom. The number of allylic oxidation sites excluding steroid dienone is 13. The molecule has 5 aliphatic carbocycles. The van der Waals surface area contributed by atoms with Gasteiger partial charge in [0.25, 0.3) is 0 Å². The summed E-state index contributed by atoms with van der Waals surface area (Å²) in [6, 6.07) is 13.3. The first kappa shape index (κ1) is 28.7. The topological polar surface area (TPSA) is 0 Å². The van der Waals surface area contributed by atoms with Crippen molar-refractivity contribution in [2.24, 2.45) is 46.3 Å². The van der Waals surface area contributed by atoms with Gasteiger partial charge in [-0.25, -0.2) is 0 Å². The quantitative estimate of drug-likeness (QED) is 0.240. The Hall–Kier alpha value is -2.38. The molecule has 2 fully saturated rings. The largest absolute Gasteiger partial charge is 0.103 e. The van der Waals surface area contributed by atoms with Crippen molar-refractivity contribution in [1.82, 2.24) is 0 Å². The predicted molar refractivity (Wildman–Crippen MR) is 181 cm³/mol. The lowest BCUT2D eigenvalue weighted by molar-refractivity contribution is 0.433. The molecule has 8 atom stereocenters. The Labute approximate surface area is 251 Å². The number of hydrogen-bond donors (Lipinski definition) is 0. The first-order valence-corrected chi connectivity index (χ1v) is 18.7. The lowest BCUT2D eigenvalue weighted by Gasteiger charge is -2.50. The predicted octanol–water partition coefficient (Wildman–Crippen LogP) is 10.4. The van der Waals surface area contributed by atoms with E-state index in [4.69, 9.17) is 0 Å². The van der Waals surface area contributed by atoms with E-state index >= 15 is 0 Å². The zero-order valence-electron chi connectivity index (χ0n) is 26.4. The molecule has 0 heterocycles. The van der Waals surface area contributed by atoms with E-state index in [1.54, 1.807) is 5.19 Å². The van der Waals surface area contributed by atoms with Crippen LogP contribution >= 0.6 is 0 Å². The highest BCUT2D eigenvalue weighted by Crippen LogP contribution is 2.65. The molecule has 0 nitrogen and oxygen atoms in total. The second-order valence-corrected chi connectivity index (χ2v) is 20.3. The summed E-state index contributed by atoms with van der Waals surface area (Å²) in [4.78, 5) is 0. The molecule has 216 valence electrons. The molecule has 0 spiro atoms. The van der Waals surface area contributed by atoms with E-state index in [9.17, 15) is 0 Å². The average molecular weight is 561 g/mol. The fourth-order valence-electron chi connectivity index (χ4n) is 9.63. The van der Waals surface area contributed by atoms with Gasteiger partial charge in [0.05, 0.1) is 8.07 Å². The number of hydrogen-bond acceptors (Lipinski definition) is 0. The third-order valence-electron chi connectivity index (χ3n) is 11.5. The summed E-state index contributed by atoms with van der Waals surface area (Å²) < 4.78 is 0. The van der Waals surface area contributed by atoms with Crippen molar-refractivity contribution in [3.8, 4) is 0 Å². The minimum Gasteiger partial charge on any atom is -0.103 e. The molecule has 0 aliphatic heterocycles. The second-order valence-electron chi connectivity index (χ2n) is 15.7. The highest BCUT2D eigenvalue weighted by Gasteiger charge is 2.62. The van der Waals surface area contributed by atoms with Gasteiger partial charge in [-0.1, -0.05) is 150 Å². The van der Waals surface area contributed by atoms with Crippen LogP contribution in [0.1, 0.15) is 60.8 Å². The third-order valence-corrected chi connectivity index (χ3v) is 18.0. The molecule has 2 saturated carbocycles. The van der Waals surface area contributed by atoms with Crippen molar-refractivity contribution in [2.45, 2.75) is 77.9 Å². The van der Waals surface area contributed by atoms with Crippen molar-refractivity contribution in [3.63, 3.8) is 0 Å². The Morgan fingerprint density at radius 2 is 1.32 bits per heavy atom. The molecule has 0 amide bonds. The van der Waals surface area contributed by atoms with Gasteiger partial charge < -0.3 is 0 Å². The molecule has 0 aromatic heterocycles. The fourth-order valence-corrected chi connectivity index (χ4v) is 17.2. The van der Waals surface area contributed by atoms with E-state index in [1.165, 1.54) is 30.0 Å². The first-order chi connectivity index (χ1) is 19.6. The van der Waals surface area contributed by atoms with Gasteiger partial charge in [-0.3, -0.25) is 0 Å². The smallest absolute Gasteiger partial charge is 0.0949 e. The SMILES string of the molecule is C=CCC[Si](c1ccccc1)(C1CCC2C=CC=CC21)C1C2C=C(C(C)(C)C)C=CC2C2C=CC(C(C)(C)C)=CC21. The maximum atomic E-state index is 4.29. The number of rotatable bonds is 6. The van der Waals surface area contributed by atoms with Gasteiger partial charge in [-0.15, -0.1) is 6.58 Å². The van der Waals surface area contributed by atoms with Gasteiger partial charge in [0.2, 0.25) is 0 Å². The van der Waals surface area contributed by atoms with Crippen LogP contribution in [0.2, 0.25) is 17.1 Å². The highest BCUT2D eigenvalue weighted by molar-refractivity contribution is 6.94. The summed E-state index contributed by atoms with van der Waals surface area (Å²) in [7, 11) is -2.14. The Kier molecular flexibility index (Phi) is 7.50. The summed E-state index contributed by atoms with van der Waals surface area (Å²) in [6.07, 6.45) is 31.7. The second kappa shape index (κ2) is 10.7. The van der Waals surface area contributed by atoms with E-state index in [0.29, 0.717) is 41.0 Å². The van der Waals surface area contributed by atoms with Crippen LogP contribution in [0.3, 0.4) is 0 Å². The lowest BCUT2D eigenvalue weighted by Crippen LogP contribution is -2.59. The van der Waals surface area contributed by atoms with Crippen LogP contribution in [-0.2, 0) is 0 Å². The van der Waals surface area contributed by atoms with Gasteiger partial charge >= 0.3 is 0 Å². The van der Waals surface area contributed by atoms with Gasteiger partial charge in [0.15, 0.2) is 0 Å². The summed E-state index contributed by atoms with van der Waals surface area (Å²) in [6.45, 7) is 18.7. The van der Waals surface area contributed by atoms with E-state index in [1.807, 2.05) is 0 Å². The third kappa shape index (κ3) is 4.91. The molecule has 5 aliphatic rings. The first-order valence-electron chi connectivity index (χ1n) is 16.4. The zero-order valence-corrected chi connectivity index (χ0v) is 27.4. The van der Waals surface area contributed by atoms with Crippen LogP contribution in [0.15, 0.2) is 115 Å². The molecule has 0 saturated heterocycles. The standard InChI is InChI=1S/C40H52Si/c1-8-9-25-41(31-16-11-10-12-17-31,37-24-19-28-15-13-14-18-32(28)37)38-35-26-29(39(2,3)4)20-22-33(35)34-23-21-30(27-36(34)38)40(5,6)7/h8,10-18,20-23,26-28,32-38H,1,9,19,24-25H2,2-7H3. The van der Waals surface area contributed by atoms with E-state index in [0.717, 1.165) is 12.0 Å². The fraction of sp³-hybridized carbons (Fsp3) is 0.500. The van der Waals surface area contributed by atoms with E-state index in [2.05, 4.69) is 145 Å².